The molecule has 2 aliphatic rings. The molecule has 0 spiro atoms. The Morgan fingerprint density at radius 1 is 1.21 bits per heavy atom. The number of carbonyl (C=O) groups is 1. The number of hydrogen-bond donors (Lipinski definition) is 0. The van der Waals surface area contributed by atoms with Crippen LogP contribution in [-0.4, -0.2) is 49.6 Å². The second-order valence-electron chi connectivity index (χ2n) is 9.28. The minimum absolute atomic E-state index is 0.0947. The number of thiazole rings is 1. The molecule has 1 aromatic carbocycles. The third-order valence-corrected chi connectivity index (χ3v) is 7.28. The number of anilines is 1. The van der Waals surface area contributed by atoms with Crippen LogP contribution in [0.2, 0.25) is 0 Å². The van der Waals surface area contributed by atoms with E-state index in [9.17, 15) is 9.59 Å². The van der Waals surface area contributed by atoms with E-state index in [0.29, 0.717) is 50.9 Å². The second kappa shape index (κ2) is 11.0. The molecule has 0 radical (unpaired) electrons. The van der Waals surface area contributed by atoms with Crippen molar-refractivity contribution in [1.82, 2.24) is 4.57 Å². The summed E-state index contributed by atoms with van der Waals surface area (Å²) in [6.45, 7) is 10.4. The van der Waals surface area contributed by atoms with E-state index in [0.717, 1.165) is 19.0 Å². The number of esters is 1. The maximum Gasteiger partial charge on any atom is 0.338 e. The van der Waals surface area contributed by atoms with Crippen molar-refractivity contribution in [3.63, 3.8) is 0 Å². The number of ether oxygens (including phenoxy) is 3. The highest BCUT2D eigenvalue weighted by molar-refractivity contribution is 7.07. The molecule has 0 amide bonds. The summed E-state index contributed by atoms with van der Waals surface area (Å²) in [7, 11) is 0. The van der Waals surface area contributed by atoms with Gasteiger partial charge in [0, 0.05) is 30.8 Å². The molecule has 2 aliphatic heterocycles. The molecule has 3 aromatic rings. The molecule has 1 unspecified atom stereocenters. The standard InChI is InChI=1S/C28H31N3O6S/c1-5-35-27(33)24-18(4)29-28-31(25(24)20-8-6-7-9-21(20)36-17(2)3)26(32)22(38-28)16-19-10-11-23(37-19)30-12-14-34-15-13-30/h6-11,16-17,25H,5,12-15H2,1-4H3. The second-order valence-corrected chi connectivity index (χ2v) is 10.3. The number of benzene rings is 1. The van der Waals surface area contributed by atoms with Crippen LogP contribution < -0.4 is 24.5 Å². The minimum atomic E-state index is -0.747. The molecule has 1 atom stereocenters. The largest absolute Gasteiger partial charge is 0.491 e. The zero-order chi connectivity index (χ0) is 26.8. The van der Waals surface area contributed by atoms with Crippen LogP contribution in [0.1, 0.15) is 45.1 Å². The molecule has 4 heterocycles. The molecule has 0 aliphatic carbocycles. The first-order valence-electron chi connectivity index (χ1n) is 12.7. The number of furan rings is 1. The van der Waals surface area contributed by atoms with Gasteiger partial charge in [0.1, 0.15) is 17.6 Å². The van der Waals surface area contributed by atoms with Gasteiger partial charge in [0.2, 0.25) is 0 Å². The number of morpholine rings is 1. The number of allylic oxidation sites excluding steroid dienone is 1. The van der Waals surface area contributed by atoms with Crippen molar-refractivity contribution in [2.45, 2.75) is 39.8 Å². The van der Waals surface area contributed by atoms with Gasteiger partial charge >= 0.3 is 5.97 Å². The van der Waals surface area contributed by atoms with Crippen molar-refractivity contribution in [2.24, 2.45) is 4.99 Å². The number of rotatable bonds is 7. The van der Waals surface area contributed by atoms with Crippen molar-refractivity contribution in [1.29, 1.82) is 0 Å². The molecule has 0 bridgehead atoms. The molecule has 0 saturated carbocycles. The Hall–Kier alpha value is -3.63. The minimum Gasteiger partial charge on any atom is -0.491 e. The predicted octanol–water partition coefficient (Wildman–Crippen LogP) is 3.02. The Balaban J connectivity index is 1.64. The van der Waals surface area contributed by atoms with Crippen LogP contribution in [0, 0.1) is 0 Å². The molecule has 1 saturated heterocycles. The number of fused-ring (bicyclic) bond motifs is 1. The summed E-state index contributed by atoms with van der Waals surface area (Å²) in [5.41, 5.74) is 1.25. The van der Waals surface area contributed by atoms with E-state index in [4.69, 9.17) is 18.6 Å². The summed E-state index contributed by atoms with van der Waals surface area (Å²) in [5.74, 6) is 1.40. The molecular formula is C28H31N3O6S. The Labute approximate surface area is 224 Å². The zero-order valence-corrected chi connectivity index (χ0v) is 22.7. The first-order chi connectivity index (χ1) is 18.4. The monoisotopic (exact) mass is 537 g/mol. The zero-order valence-electron chi connectivity index (χ0n) is 21.9. The normalized spacial score (nSPS) is 18.0. The summed E-state index contributed by atoms with van der Waals surface area (Å²) in [6.07, 6.45) is 1.63. The van der Waals surface area contributed by atoms with Gasteiger partial charge in [0.15, 0.2) is 10.7 Å². The molecule has 200 valence electrons. The lowest BCUT2D eigenvalue weighted by molar-refractivity contribution is -0.139. The lowest BCUT2D eigenvalue weighted by Gasteiger charge is -2.26. The summed E-state index contributed by atoms with van der Waals surface area (Å²) >= 11 is 1.26. The number of para-hydroxylation sites is 1. The fraction of sp³-hybridized carbons (Fsp3) is 0.393. The van der Waals surface area contributed by atoms with Crippen LogP contribution >= 0.6 is 11.3 Å². The third kappa shape index (κ3) is 5.06. The maximum atomic E-state index is 13.9. The Morgan fingerprint density at radius 3 is 2.71 bits per heavy atom. The van der Waals surface area contributed by atoms with Gasteiger partial charge < -0.3 is 23.5 Å². The van der Waals surface area contributed by atoms with E-state index in [1.807, 2.05) is 50.2 Å². The van der Waals surface area contributed by atoms with Crippen LogP contribution in [0.15, 0.2) is 61.9 Å². The van der Waals surface area contributed by atoms with Crippen LogP contribution in [0.3, 0.4) is 0 Å². The van der Waals surface area contributed by atoms with Gasteiger partial charge in [-0.3, -0.25) is 9.36 Å². The van der Waals surface area contributed by atoms with Crippen molar-refractivity contribution >= 4 is 29.3 Å². The highest BCUT2D eigenvalue weighted by Crippen LogP contribution is 2.36. The van der Waals surface area contributed by atoms with Gasteiger partial charge in [-0.15, -0.1) is 0 Å². The lowest BCUT2D eigenvalue weighted by atomic mass is 9.95. The molecular weight excluding hydrogens is 506 g/mol. The van der Waals surface area contributed by atoms with Crippen LogP contribution in [0.5, 0.6) is 5.75 Å². The smallest absolute Gasteiger partial charge is 0.338 e. The van der Waals surface area contributed by atoms with Crippen LogP contribution in [-0.2, 0) is 14.3 Å². The average molecular weight is 538 g/mol. The van der Waals surface area contributed by atoms with Gasteiger partial charge in [-0.25, -0.2) is 9.79 Å². The highest BCUT2D eigenvalue weighted by Gasteiger charge is 2.35. The van der Waals surface area contributed by atoms with Crippen molar-refractivity contribution < 1.29 is 23.4 Å². The molecule has 2 aromatic heterocycles. The SMILES string of the molecule is CCOC(=O)C1=C(C)N=c2sc(=Cc3ccc(N4CCOCC4)o3)c(=O)n2C1c1ccccc1OC(C)C. The summed E-state index contributed by atoms with van der Waals surface area (Å²) < 4.78 is 25.0. The predicted molar refractivity (Wildman–Crippen MR) is 144 cm³/mol. The number of carbonyl (C=O) groups excluding carboxylic acids is 1. The Morgan fingerprint density at radius 2 is 1.97 bits per heavy atom. The van der Waals surface area contributed by atoms with E-state index in [1.54, 1.807) is 24.5 Å². The molecule has 0 N–H and O–H groups in total. The Kier molecular flexibility index (Phi) is 7.53. The van der Waals surface area contributed by atoms with Crippen molar-refractivity contribution in [3.05, 3.63) is 78.7 Å². The van der Waals surface area contributed by atoms with Gasteiger partial charge in [0.05, 0.1) is 41.7 Å². The third-order valence-electron chi connectivity index (χ3n) is 6.30. The number of hydrogen-bond acceptors (Lipinski definition) is 9. The van der Waals surface area contributed by atoms with Gasteiger partial charge in [0.25, 0.3) is 5.56 Å². The van der Waals surface area contributed by atoms with Gasteiger partial charge in [-0.2, -0.15) is 0 Å². The average Bonchev–Trinajstić information content (AvgIpc) is 3.48. The summed E-state index contributed by atoms with van der Waals surface area (Å²) in [6, 6.07) is 10.5. The van der Waals surface area contributed by atoms with E-state index >= 15 is 0 Å². The summed E-state index contributed by atoms with van der Waals surface area (Å²) in [4.78, 5) is 34.3. The van der Waals surface area contributed by atoms with Gasteiger partial charge in [-0.1, -0.05) is 29.5 Å². The van der Waals surface area contributed by atoms with E-state index in [-0.39, 0.29) is 18.3 Å². The topological polar surface area (TPSA) is 95.5 Å². The maximum absolute atomic E-state index is 13.9. The van der Waals surface area contributed by atoms with Crippen LogP contribution in [0.4, 0.5) is 5.88 Å². The van der Waals surface area contributed by atoms with E-state index in [2.05, 4.69) is 9.89 Å². The quantitative estimate of drug-likeness (QED) is 0.428. The molecule has 9 nitrogen and oxygen atoms in total. The van der Waals surface area contributed by atoms with Gasteiger partial charge in [-0.05, 0) is 39.8 Å². The number of aromatic nitrogens is 1. The summed E-state index contributed by atoms with van der Waals surface area (Å²) in [5, 5.41) is 0. The number of nitrogens with zero attached hydrogens (tertiary/aromatic N) is 3. The molecule has 5 rings (SSSR count). The first kappa shape index (κ1) is 26.0. The van der Waals surface area contributed by atoms with Crippen molar-refractivity contribution in [3.8, 4) is 5.75 Å². The molecule has 38 heavy (non-hydrogen) atoms. The van der Waals surface area contributed by atoms with Crippen molar-refractivity contribution in [2.75, 3.05) is 37.8 Å². The lowest BCUT2D eigenvalue weighted by Crippen LogP contribution is -2.40. The first-order valence-corrected chi connectivity index (χ1v) is 13.6. The molecule has 1 fully saturated rings. The molecule has 10 heteroatoms. The fourth-order valence-corrected chi connectivity index (χ4v) is 5.68. The fourth-order valence-electron chi connectivity index (χ4n) is 4.66. The van der Waals surface area contributed by atoms with Crippen LogP contribution in [0.25, 0.3) is 6.08 Å². The Bertz CT molecular complexity index is 1540. The van der Waals surface area contributed by atoms with E-state index in [1.165, 1.54) is 11.3 Å². The highest BCUT2D eigenvalue weighted by atomic mass is 32.1. The van der Waals surface area contributed by atoms with E-state index < -0.39 is 12.0 Å².